The Labute approximate surface area is 143 Å². The molecule has 126 valence electrons. The summed E-state index contributed by atoms with van der Waals surface area (Å²) in [6.45, 7) is 2.80. The lowest BCUT2D eigenvalue weighted by atomic mass is 9.99. The fourth-order valence-electron chi connectivity index (χ4n) is 3.49. The molecule has 0 aliphatic carbocycles. The first kappa shape index (κ1) is 16.7. The highest BCUT2D eigenvalue weighted by Crippen LogP contribution is 2.29. The van der Waals surface area contributed by atoms with Gasteiger partial charge in [0.1, 0.15) is 0 Å². The summed E-state index contributed by atoms with van der Waals surface area (Å²) in [5.74, 6) is 0.0667. The topological polar surface area (TPSA) is 53.4 Å². The molecule has 2 heterocycles. The number of pyridine rings is 1. The Kier molecular flexibility index (Phi) is 5.26. The Balaban J connectivity index is 1.74. The molecule has 1 aromatic heterocycles. The molecule has 0 bridgehead atoms. The monoisotopic (exact) mass is 324 g/mol. The van der Waals surface area contributed by atoms with Crippen LogP contribution in [0.25, 0.3) is 0 Å². The van der Waals surface area contributed by atoms with Crippen molar-refractivity contribution in [3.8, 4) is 0 Å². The summed E-state index contributed by atoms with van der Waals surface area (Å²) in [7, 11) is 0. The molecular weight excluding hydrogens is 300 g/mol. The lowest BCUT2D eigenvalue weighted by Gasteiger charge is -2.27. The Morgan fingerprint density at radius 2 is 2.12 bits per heavy atom. The number of nitrogens with zero attached hydrogens (tertiary/aromatic N) is 2. The van der Waals surface area contributed by atoms with Crippen LogP contribution < -0.4 is 0 Å². The van der Waals surface area contributed by atoms with Gasteiger partial charge >= 0.3 is 0 Å². The first-order valence-corrected chi connectivity index (χ1v) is 8.67. The molecule has 4 nitrogen and oxygen atoms in total. The zero-order valence-corrected chi connectivity index (χ0v) is 14.1. The largest absolute Gasteiger partial charge is 0.388 e. The maximum Gasteiger partial charge on any atom is 0.254 e. The molecule has 2 atom stereocenters. The Hall–Kier alpha value is -2.20. The average molecular weight is 324 g/mol. The van der Waals surface area contributed by atoms with Crippen LogP contribution in [0.15, 0.2) is 48.8 Å². The molecule has 4 heteroatoms. The SMILES string of the molecule is CCc1cnccc1C(=O)N1CCCC1CC(O)c1ccccc1. The molecule has 1 amide bonds. The van der Waals surface area contributed by atoms with Gasteiger partial charge in [0.25, 0.3) is 5.91 Å². The smallest absolute Gasteiger partial charge is 0.254 e. The minimum Gasteiger partial charge on any atom is -0.388 e. The van der Waals surface area contributed by atoms with Gasteiger partial charge in [-0.25, -0.2) is 0 Å². The van der Waals surface area contributed by atoms with Gasteiger partial charge in [-0.1, -0.05) is 37.3 Å². The van der Waals surface area contributed by atoms with E-state index in [9.17, 15) is 9.90 Å². The Bertz CT molecular complexity index is 687. The van der Waals surface area contributed by atoms with Gasteiger partial charge in [0.2, 0.25) is 0 Å². The van der Waals surface area contributed by atoms with Crippen LogP contribution in [0.5, 0.6) is 0 Å². The fourth-order valence-corrected chi connectivity index (χ4v) is 3.49. The molecule has 1 aromatic carbocycles. The second-order valence-electron chi connectivity index (χ2n) is 6.34. The van der Waals surface area contributed by atoms with E-state index in [1.165, 1.54) is 0 Å². The zero-order chi connectivity index (χ0) is 16.9. The fraction of sp³-hybridized carbons (Fsp3) is 0.400. The molecule has 1 saturated heterocycles. The highest BCUT2D eigenvalue weighted by atomic mass is 16.3. The number of aliphatic hydroxyl groups excluding tert-OH is 1. The molecule has 24 heavy (non-hydrogen) atoms. The van der Waals surface area contributed by atoms with Crippen LogP contribution in [0.1, 0.15) is 53.8 Å². The van der Waals surface area contributed by atoms with E-state index in [1.807, 2.05) is 48.2 Å². The number of carbonyl (C=O) groups excluding carboxylic acids is 1. The van der Waals surface area contributed by atoms with Crippen LogP contribution in [0.3, 0.4) is 0 Å². The number of hydrogen-bond donors (Lipinski definition) is 1. The predicted octanol–water partition coefficient (Wildman–Crippen LogP) is 3.37. The van der Waals surface area contributed by atoms with Crippen molar-refractivity contribution in [2.45, 2.75) is 44.8 Å². The van der Waals surface area contributed by atoms with Gasteiger partial charge in [-0.2, -0.15) is 0 Å². The molecule has 3 rings (SSSR count). The number of likely N-dealkylation sites (tertiary alicyclic amines) is 1. The van der Waals surface area contributed by atoms with Crippen LogP contribution in [0, 0.1) is 0 Å². The summed E-state index contributed by atoms with van der Waals surface area (Å²) in [4.78, 5) is 19.0. The number of aliphatic hydroxyl groups is 1. The van der Waals surface area contributed by atoms with Crippen molar-refractivity contribution in [3.63, 3.8) is 0 Å². The summed E-state index contributed by atoms with van der Waals surface area (Å²) < 4.78 is 0. The van der Waals surface area contributed by atoms with Crippen molar-refractivity contribution in [2.24, 2.45) is 0 Å². The number of rotatable bonds is 5. The van der Waals surface area contributed by atoms with Gasteiger partial charge in [-0.3, -0.25) is 9.78 Å². The standard InChI is InChI=1S/C20H24N2O2/c1-2-15-14-21-11-10-18(15)20(24)22-12-6-9-17(22)13-19(23)16-7-4-3-5-8-16/h3-5,7-8,10-11,14,17,19,23H,2,6,9,12-13H2,1H3. The van der Waals surface area contributed by atoms with Crippen LogP contribution in [0.4, 0.5) is 0 Å². The van der Waals surface area contributed by atoms with Crippen molar-refractivity contribution in [3.05, 3.63) is 65.5 Å². The summed E-state index contributed by atoms with van der Waals surface area (Å²) >= 11 is 0. The Morgan fingerprint density at radius 3 is 2.88 bits per heavy atom. The third-order valence-electron chi connectivity index (χ3n) is 4.83. The molecular formula is C20H24N2O2. The Morgan fingerprint density at radius 1 is 1.33 bits per heavy atom. The quantitative estimate of drug-likeness (QED) is 0.917. The van der Waals surface area contributed by atoms with E-state index in [1.54, 1.807) is 12.4 Å². The number of benzene rings is 1. The van der Waals surface area contributed by atoms with Gasteiger partial charge in [0, 0.05) is 30.5 Å². The first-order chi connectivity index (χ1) is 11.7. The number of carbonyl (C=O) groups is 1. The summed E-state index contributed by atoms with van der Waals surface area (Å²) in [5.41, 5.74) is 2.64. The lowest BCUT2D eigenvalue weighted by Crippen LogP contribution is -2.37. The number of amides is 1. The maximum atomic E-state index is 13.0. The minimum absolute atomic E-state index is 0.0667. The zero-order valence-electron chi connectivity index (χ0n) is 14.1. The van der Waals surface area contributed by atoms with Gasteiger partial charge < -0.3 is 10.0 Å². The van der Waals surface area contributed by atoms with Crippen molar-refractivity contribution >= 4 is 5.91 Å². The van der Waals surface area contributed by atoms with Crippen LogP contribution >= 0.6 is 0 Å². The van der Waals surface area contributed by atoms with Crippen molar-refractivity contribution < 1.29 is 9.90 Å². The second-order valence-corrected chi connectivity index (χ2v) is 6.34. The van der Waals surface area contributed by atoms with Gasteiger partial charge in [0.15, 0.2) is 0 Å². The molecule has 0 spiro atoms. The van der Waals surface area contributed by atoms with Crippen LogP contribution in [0.2, 0.25) is 0 Å². The van der Waals surface area contributed by atoms with Crippen LogP contribution in [-0.2, 0) is 6.42 Å². The second kappa shape index (κ2) is 7.58. The molecule has 0 saturated carbocycles. The van der Waals surface area contributed by atoms with Crippen molar-refractivity contribution in [1.82, 2.24) is 9.88 Å². The third-order valence-corrected chi connectivity index (χ3v) is 4.83. The summed E-state index contributed by atoms with van der Waals surface area (Å²) in [6, 6.07) is 11.6. The highest BCUT2D eigenvalue weighted by Gasteiger charge is 2.31. The highest BCUT2D eigenvalue weighted by molar-refractivity contribution is 5.96. The minimum atomic E-state index is -0.535. The molecule has 2 unspecified atom stereocenters. The van der Waals surface area contributed by atoms with Crippen molar-refractivity contribution in [1.29, 1.82) is 0 Å². The summed E-state index contributed by atoms with van der Waals surface area (Å²) in [5, 5.41) is 10.5. The van der Waals surface area contributed by atoms with E-state index in [0.717, 1.165) is 42.5 Å². The molecule has 1 N–H and O–H groups in total. The van der Waals surface area contributed by atoms with Gasteiger partial charge in [-0.05, 0) is 42.9 Å². The maximum absolute atomic E-state index is 13.0. The molecule has 2 aromatic rings. The van der Waals surface area contributed by atoms with E-state index >= 15 is 0 Å². The van der Waals surface area contributed by atoms with E-state index in [4.69, 9.17) is 0 Å². The molecule has 1 aliphatic rings. The van der Waals surface area contributed by atoms with Gasteiger partial charge in [0.05, 0.1) is 6.10 Å². The van der Waals surface area contributed by atoms with Gasteiger partial charge in [-0.15, -0.1) is 0 Å². The van der Waals surface area contributed by atoms with Crippen molar-refractivity contribution in [2.75, 3.05) is 6.54 Å². The third kappa shape index (κ3) is 3.49. The molecule has 1 aliphatic heterocycles. The van der Waals surface area contributed by atoms with Crippen LogP contribution in [-0.4, -0.2) is 33.5 Å². The summed E-state index contributed by atoms with van der Waals surface area (Å²) in [6.07, 6.45) is 6.23. The van der Waals surface area contributed by atoms with E-state index < -0.39 is 6.10 Å². The predicted molar refractivity (Wildman–Crippen MR) is 93.7 cm³/mol. The normalized spacial score (nSPS) is 18.6. The van der Waals surface area contributed by atoms with E-state index in [0.29, 0.717) is 6.42 Å². The number of aromatic nitrogens is 1. The number of aryl methyl sites for hydroxylation is 1. The first-order valence-electron chi connectivity index (χ1n) is 8.67. The lowest BCUT2D eigenvalue weighted by molar-refractivity contribution is 0.0666. The average Bonchev–Trinajstić information content (AvgIpc) is 3.09. The number of hydrogen-bond acceptors (Lipinski definition) is 3. The molecule has 1 fully saturated rings. The van der Waals surface area contributed by atoms with E-state index in [-0.39, 0.29) is 11.9 Å². The van der Waals surface area contributed by atoms with E-state index in [2.05, 4.69) is 4.98 Å². The molecule has 0 radical (unpaired) electrons.